The number of nitrogens with zero attached hydrogens (tertiary/aromatic N) is 3. The number of aliphatic hydroxyl groups is 1. The van der Waals surface area contributed by atoms with Crippen molar-refractivity contribution in [1.29, 1.82) is 0 Å². The first-order chi connectivity index (χ1) is 10.9. The molecule has 23 heavy (non-hydrogen) atoms. The predicted octanol–water partition coefficient (Wildman–Crippen LogP) is 2.82. The van der Waals surface area contributed by atoms with E-state index in [-0.39, 0.29) is 11.9 Å². The number of rotatable bonds is 6. The van der Waals surface area contributed by atoms with Crippen molar-refractivity contribution < 1.29 is 9.90 Å². The molecule has 0 aliphatic carbocycles. The van der Waals surface area contributed by atoms with Crippen LogP contribution in [0.25, 0.3) is 0 Å². The lowest BCUT2D eigenvalue weighted by Gasteiger charge is -2.27. The fraction of sp³-hybridized carbons (Fsp3) is 0.412. The zero-order chi connectivity index (χ0) is 17.0. The van der Waals surface area contributed by atoms with Gasteiger partial charge in [-0.2, -0.15) is 5.10 Å². The molecule has 1 aromatic carbocycles. The van der Waals surface area contributed by atoms with Gasteiger partial charge in [0.1, 0.15) is 0 Å². The van der Waals surface area contributed by atoms with Crippen LogP contribution in [0, 0.1) is 0 Å². The molecule has 2 rings (SSSR count). The minimum Gasteiger partial charge on any atom is -0.392 e. The van der Waals surface area contributed by atoms with E-state index in [4.69, 9.17) is 11.6 Å². The standard InChI is InChI=1S/C17H22ClN3O2/c1-12(2)21(9-13(3)22)17(23)15-8-19-20(11-15)10-14-6-4-5-7-16(14)18/h4-8,11-13,22H,9-10H2,1-3H3. The van der Waals surface area contributed by atoms with Crippen LogP contribution in [0.4, 0.5) is 0 Å². The smallest absolute Gasteiger partial charge is 0.257 e. The van der Waals surface area contributed by atoms with Crippen LogP contribution in [0.2, 0.25) is 5.02 Å². The average Bonchev–Trinajstić information content (AvgIpc) is 2.94. The van der Waals surface area contributed by atoms with Crippen molar-refractivity contribution in [3.05, 3.63) is 52.8 Å². The number of amides is 1. The van der Waals surface area contributed by atoms with E-state index in [1.54, 1.807) is 28.9 Å². The molecule has 5 nitrogen and oxygen atoms in total. The maximum Gasteiger partial charge on any atom is 0.257 e. The molecule has 1 N–H and O–H groups in total. The zero-order valence-electron chi connectivity index (χ0n) is 13.6. The second-order valence-electron chi connectivity index (χ2n) is 5.92. The largest absolute Gasteiger partial charge is 0.392 e. The van der Waals surface area contributed by atoms with Gasteiger partial charge in [-0.05, 0) is 32.4 Å². The number of benzene rings is 1. The maximum absolute atomic E-state index is 12.6. The summed E-state index contributed by atoms with van der Waals surface area (Å²) in [6.07, 6.45) is 2.69. The lowest BCUT2D eigenvalue weighted by molar-refractivity contribution is 0.0578. The number of aliphatic hydroxyl groups excluding tert-OH is 1. The lowest BCUT2D eigenvalue weighted by atomic mass is 10.2. The van der Waals surface area contributed by atoms with Crippen molar-refractivity contribution in [2.24, 2.45) is 0 Å². The molecule has 0 fully saturated rings. The number of carbonyl (C=O) groups excluding carboxylic acids is 1. The molecular formula is C17H22ClN3O2. The van der Waals surface area contributed by atoms with E-state index in [1.165, 1.54) is 0 Å². The van der Waals surface area contributed by atoms with Crippen LogP contribution in [0.3, 0.4) is 0 Å². The van der Waals surface area contributed by atoms with Gasteiger partial charge in [-0.25, -0.2) is 0 Å². The lowest BCUT2D eigenvalue weighted by Crippen LogP contribution is -2.41. The van der Waals surface area contributed by atoms with Gasteiger partial charge in [-0.3, -0.25) is 9.48 Å². The summed E-state index contributed by atoms with van der Waals surface area (Å²) in [5.41, 5.74) is 1.45. The summed E-state index contributed by atoms with van der Waals surface area (Å²) in [4.78, 5) is 14.2. The van der Waals surface area contributed by atoms with Gasteiger partial charge >= 0.3 is 0 Å². The minimum absolute atomic E-state index is 0.00372. The summed E-state index contributed by atoms with van der Waals surface area (Å²) in [7, 11) is 0. The first kappa shape index (κ1) is 17.5. The quantitative estimate of drug-likeness (QED) is 0.883. The SMILES string of the molecule is CC(O)CN(C(=O)c1cnn(Cc2ccccc2Cl)c1)C(C)C. The third kappa shape index (κ3) is 4.56. The van der Waals surface area contributed by atoms with E-state index < -0.39 is 6.10 Å². The van der Waals surface area contributed by atoms with E-state index in [2.05, 4.69) is 5.10 Å². The van der Waals surface area contributed by atoms with Crippen molar-refractivity contribution in [1.82, 2.24) is 14.7 Å². The van der Waals surface area contributed by atoms with E-state index in [1.807, 2.05) is 38.1 Å². The van der Waals surface area contributed by atoms with Gasteiger partial charge in [0, 0.05) is 23.8 Å². The number of hydrogen-bond donors (Lipinski definition) is 1. The van der Waals surface area contributed by atoms with Crippen LogP contribution in [0.15, 0.2) is 36.7 Å². The van der Waals surface area contributed by atoms with Crippen LogP contribution >= 0.6 is 11.6 Å². The highest BCUT2D eigenvalue weighted by Crippen LogP contribution is 2.16. The van der Waals surface area contributed by atoms with Crippen molar-refractivity contribution >= 4 is 17.5 Å². The van der Waals surface area contributed by atoms with Crippen molar-refractivity contribution in [2.75, 3.05) is 6.54 Å². The Morgan fingerprint density at radius 3 is 2.65 bits per heavy atom. The van der Waals surface area contributed by atoms with Gasteiger partial charge in [0.2, 0.25) is 0 Å². The number of aromatic nitrogens is 2. The summed E-state index contributed by atoms with van der Waals surface area (Å²) in [6.45, 7) is 6.32. The van der Waals surface area contributed by atoms with Crippen molar-refractivity contribution in [3.8, 4) is 0 Å². The molecule has 1 atom stereocenters. The second kappa shape index (κ2) is 7.62. The molecule has 2 aromatic rings. The Morgan fingerprint density at radius 1 is 1.35 bits per heavy atom. The minimum atomic E-state index is -0.570. The van der Waals surface area contributed by atoms with Crippen LogP contribution < -0.4 is 0 Å². The molecule has 0 aliphatic rings. The van der Waals surface area contributed by atoms with Gasteiger partial charge in [-0.15, -0.1) is 0 Å². The van der Waals surface area contributed by atoms with Crippen LogP contribution in [-0.2, 0) is 6.54 Å². The fourth-order valence-corrected chi connectivity index (χ4v) is 2.54. The van der Waals surface area contributed by atoms with E-state index in [0.29, 0.717) is 23.7 Å². The fourth-order valence-electron chi connectivity index (χ4n) is 2.34. The Bertz CT molecular complexity index is 667. The summed E-state index contributed by atoms with van der Waals surface area (Å²) < 4.78 is 1.69. The average molecular weight is 336 g/mol. The summed E-state index contributed by atoms with van der Waals surface area (Å²) >= 11 is 6.15. The number of halogens is 1. The van der Waals surface area contributed by atoms with E-state index in [0.717, 1.165) is 5.56 Å². The van der Waals surface area contributed by atoms with Gasteiger partial charge in [0.25, 0.3) is 5.91 Å². The van der Waals surface area contributed by atoms with Gasteiger partial charge in [0.05, 0.1) is 24.4 Å². The molecular weight excluding hydrogens is 314 g/mol. The molecule has 1 unspecified atom stereocenters. The zero-order valence-corrected chi connectivity index (χ0v) is 14.4. The Balaban J connectivity index is 2.14. The van der Waals surface area contributed by atoms with E-state index >= 15 is 0 Å². The van der Waals surface area contributed by atoms with Crippen LogP contribution in [0.5, 0.6) is 0 Å². The Labute approximate surface area is 141 Å². The predicted molar refractivity (Wildman–Crippen MR) is 90.6 cm³/mol. The topological polar surface area (TPSA) is 58.4 Å². The maximum atomic E-state index is 12.6. The van der Waals surface area contributed by atoms with Gasteiger partial charge in [0.15, 0.2) is 0 Å². The van der Waals surface area contributed by atoms with Crippen molar-refractivity contribution in [2.45, 2.75) is 39.5 Å². The molecule has 1 heterocycles. The molecule has 124 valence electrons. The second-order valence-corrected chi connectivity index (χ2v) is 6.33. The molecule has 0 saturated carbocycles. The molecule has 0 spiro atoms. The molecule has 1 amide bonds. The highest BCUT2D eigenvalue weighted by atomic mass is 35.5. The molecule has 6 heteroatoms. The first-order valence-corrected chi connectivity index (χ1v) is 8.01. The molecule has 0 radical (unpaired) electrons. The summed E-state index contributed by atoms with van der Waals surface area (Å²) in [5, 5.41) is 14.5. The monoisotopic (exact) mass is 335 g/mol. The van der Waals surface area contributed by atoms with E-state index in [9.17, 15) is 9.90 Å². The summed E-state index contributed by atoms with van der Waals surface area (Å²) in [5.74, 6) is -0.133. The Kier molecular flexibility index (Phi) is 5.80. The van der Waals surface area contributed by atoms with Gasteiger partial charge in [-0.1, -0.05) is 29.8 Å². The van der Waals surface area contributed by atoms with Crippen molar-refractivity contribution in [3.63, 3.8) is 0 Å². The molecule has 0 saturated heterocycles. The number of carbonyl (C=O) groups is 1. The highest BCUT2D eigenvalue weighted by molar-refractivity contribution is 6.31. The third-order valence-corrected chi connectivity index (χ3v) is 3.88. The molecule has 0 aliphatic heterocycles. The van der Waals surface area contributed by atoms with Crippen LogP contribution in [-0.4, -0.2) is 44.4 Å². The Hall–Kier alpha value is -1.85. The number of hydrogen-bond acceptors (Lipinski definition) is 3. The van der Waals surface area contributed by atoms with Crippen LogP contribution in [0.1, 0.15) is 36.7 Å². The highest BCUT2D eigenvalue weighted by Gasteiger charge is 2.21. The molecule has 0 bridgehead atoms. The Morgan fingerprint density at radius 2 is 2.04 bits per heavy atom. The first-order valence-electron chi connectivity index (χ1n) is 7.63. The van der Waals surface area contributed by atoms with Gasteiger partial charge < -0.3 is 10.0 Å². The summed E-state index contributed by atoms with van der Waals surface area (Å²) in [6, 6.07) is 7.55. The third-order valence-electron chi connectivity index (χ3n) is 3.52. The normalized spacial score (nSPS) is 12.4. The molecule has 1 aromatic heterocycles.